The van der Waals surface area contributed by atoms with Gasteiger partial charge in [0.15, 0.2) is 5.76 Å². The Labute approximate surface area is 129 Å². The van der Waals surface area contributed by atoms with Crippen molar-refractivity contribution in [1.82, 2.24) is 9.88 Å². The van der Waals surface area contributed by atoms with Gasteiger partial charge in [0.1, 0.15) is 0 Å². The van der Waals surface area contributed by atoms with E-state index in [1.807, 2.05) is 42.2 Å². The van der Waals surface area contributed by atoms with E-state index in [0.29, 0.717) is 18.0 Å². The molecule has 0 aliphatic carbocycles. The van der Waals surface area contributed by atoms with Crippen LogP contribution in [0.25, 0.3) is 22.0 Å². The zero-order valence-electron chi connectivity index (χ0n) is 13.0. The lowest BCUT2D eigenvalue weighted by atomic mass is 10.2. The molecule has 1 amide bonds. The molecular weight excluding hydrogens is 276 g/mol. The van der Waals surface area contributed by atoms with Crippen LogP contribution in [0.15, 0.2) is 40.8 Å². The van der Waals surface area contributed by atoms with Crippen molar-refractivity contribution in [3.8, 4) is 0 Å². The van der Waals surface area contributed by atoms with E-state index in [2.05, 4.69) is 11.9 Å². The molecule has 0 fully saturated rings. The zero-order chi connectivity index (χ0) is 15.5. The number of amides is 1. The van der Waals surface area contributed by atoms with Crippen LogP contribution >= 0.6 is 0 Å². The van der Waals surface area contributed by atoms with Crippen LogP contribution < -0.4 is 0 Å². The number of benzene rings is 1. The van der Waals surface area contributed by atoms with Crippen LogP contribution in [0.1, 0.15) is 37.2 Å². The molecule has 0 aliphatic rings. The molecule has 0 spiro atoms. The van der Waals surface area contributed by atoms with Gasteiger partial charge >= 0.3 is 0 Å². The number of hydrogen-bond acceptors (Lipinski definition) is 3. The number of carbonyl (C=O) groups excluding carboxylic acids is 1. The highest BCUT2D eigenvalue weighted by molar-refractivity contribution is 5.98. The van der Waals surface area contributed by atoms with E-state index in [-0.39, 0.29) is 5.91 Å². The van der Waals surface area contributed by atoms with Crippen LogP contribution in [-0.4, -0.2) is 28.9 Å². The molecule has 4 nitrogen and oxygen atoms in total. The van der Waals surface area contributed by atoms with E-state index in [4.69, 9.17) is 4.42 Å². The van der Waals surface area contributed by atoms with Gasteiger partial charge < -0.3 is 9.32 Å². The molecule has 22 heavy (non-hydrogen) atoms. The maximum absolute atomic E-state index is 12.5. The van der Waals surface area contributed by atoms with Crippen molar-refractivity contribution in [2.75, 3.05) is 13.1 Å². The molecule has 0 aliphatic heterocycles. The summed E-state index contributed by atoms with van der Waals surface area (Å²) >= 11 is 0. The minimum atomic E-state index is -0.0574. The monoisotopic (exact) mass is 296 g/mol. The molecule has 2 heterocycles. The Morgan fingerprint density at radius 1 is 1.18 bits per heavy atom. The van der Waals surface area contributed by atoms with Crippen molar-refractivity contribution < 1.29 is 9.21 Å². The molecule has 3 aromatic rings. The van der Waals surface area contributed by atoms with Crippen LogP contribution in [0, 0.1) is 0 Å². The van der Waals surface area contributed by atoms with Crippen LogP contribution in [-0.2, 0) is 0 Å². The Morgan fingerprint density at radius 2 is 2.00 bits per heavy atom. The molecule has 0 unspecified atom stereocenters. The van der Waals surface area contributed by atoms with Crippen LogP contribution in [0.4, 0.5) is 0 Å². The number of para-hydroxylation sites is 1. The first-order valence-electron chi connectivity index (χ1n) is 7.81. The van der Waals surface area contributed by atoms with Crippen LogP contribution in [0.3, 0.4) is 0 Å². The number of fused-ring (bicyclic) bond motifs is 2. The summed E-state index contributed by atoms with van der Waals surface area (Å²) in [5.41, 5.74) is 1.40. The number of nitrogens with zero attached hydrogens (tertiary/aromatic N) is 2. The third kappa shape index (κ3) is 2.69. The van der Waals surface area contributed by atoms with Gasteiger partial charge in [0.2, 0.25) is 5.71 Å². The minimum Gasteiger partial charge on any atom is -0.433 e. The number of carbonyl (C=O) groups is 1. The highest BCUT2D eigenvalue weighted by Crippen LogP contribution is 2.23. The first-order chi connectivity index (χ1) is 10.7. The molecule has 0 N–H and O–H groups in total. The summed E-state index contributed by atoms with van der Waals surface area (Å²) in [6, 6.07) is 11.7. The second kappa shape index (κ2) is 6.18. The summed E-state index contributed by atoms with van der Waals surface area (Å²) in [6.07, 6.45) is 2.07. The van der Waals surface area contributed by atoms with Gasteiger partial charge in [-0.1, -0.05) is 31.5 Å². The Bertz CT molecular complexity index is 755. The quantitative estimate of drug-likeness (QED) is 0.707. The van der Waals surface area contributed by atoms with Gasteiger partial charge in [0.05, 0.1) is 5.52 Å². The molecule has 0 bridgehead atoms. The summed E-state index contributed by atoms with van der Waals surface area (Å²) in [5.74, 6) is 0.314. The van der Waals surface area contributed by atoms with Gasteiger partial charge in [0, 0.05) is 23.9 Å². The van der Waals surface area contributed by atoms with Crippen molar-refractivity contribution in [3.05, 3.63) is 42.2 Å². The minimum absolute atomic E-state index is 0.0574. The van der Waals surface area contributed by atoms with Gasteiger partial charge in [-0.15, -0.1) is 0 Å². The fourth-order valence-electron chi connectivity index (χ4n) is 2.59. The molecule has 2 aromatic heterocycles. The van der Waals surface area contributed by atoms with E-state index in [9.17, 15) is 4.79 Å². The van der Waals surface area contributed by atoms with E-state index < -0.39 is 0 Å². The lowest BCUT2D eigenvalue weighted by Gasteiger charge is -2.18. The number of rotatable bonds is 5. The van der Waals surface area contributed by atoms with Crippen LogP contribution in [0.5, 0.6) is 0 Å². The highest BCUT2D eigenvalue weighted by Gasteiger charge is 2.19. The average Bonchev–Trinajstić information content (AvgIpc) is 2.95. The zero-order valence-corrected chi connectivity index (χ0v) is 13.0. The third-order valence-electron chi connectivity index (χ3n) is 3.87. The van der Waals surface area contributed by atoms with Crippen molar-refractivity contribution in [2.45, 2.75) is 26.7 Å². The van der Waals surface area contributed by atoms with E-state index >= 15 is 0 Å². The van der Waals surface area contributed by atoms with Gasteiger partial charge in [-0.25, -0.2) is 4.98 Å². The van der Waals surface area contributed by atoms with Crippen molar-refractivity contribution in [2.24, 2.45) is 0 Å². The van der Waals surface area contributed by atoms with Crippen molar-refractivity contribution in [3.63, 3.8) is 0 Å². The maximum atomic E-state index is 12.5. The molecule has 114 valence electrons. The molecular formula is C18H20N2O2. The highest BCUT2D eigenvalue weighted by atomic mass is 16.4. The topological polar surface area (TPSA) is 46.3 Å². The summed E-state index contributed by atoms with van der Waals surface area (Å²) in [4.78, 5) is 18.9. The lowest BCUT2D eigenvalue weighted by molar-refractivity contribution is 0.0732. The summed E-state index contributed by atoms with van der Waals surface area (Å²) < 4.78 is 5.70. The molecule has 0 radical (unpaired) electrons. The number of hydrogen-bond donors (Lipinski definition) is 0. The summed E-state index contributed by atoms with van der Waals surface area (Å²) in [5, 5.41) is 1.92. The van der Waals surface area contributed by atoms with Gasteiger partial charge in [-0.3, -0.25) is 4.79 Å². The van der Waals surface area contributed by atoms with Crippen LogP contribution in [0.2, 0.25) is 0 Å². The molecule has 4 heteroatoms. The van der Waals surface area contributed by atoms with E-state index in [0.717, 1.165) is 35.7 Å². The number of furan rings is 1. The van der Waals surface area contributed by atoms with Crippen molar-refractivity contribution >= 4 is 27.9 Å². The fraction of sp³-hybridized carbons (Fsp3) is 0.333. The molecule has 0 saturated carbocycles. The first-order valence-corrected chi connectivity index (χ1v) is 7.81. The van der Waals surface area contributed by atoms with Crippen molar-refractivity contribution in [1.29, 1.82) is 0 Å². The molecule has 0 atom stereocenters. The number of aromatic nitrogens is 1. The largest absolute Gasteiger partial charge is 0.433 e. The van der Waals surface area contributed by atoms with Gasteiger partial charge in [-0.2, -0.15) is 0 Å². The Kier molecular flexibility index (Phi) is 4.09. The molecule has 1 aromatic carbocycles. The smallest absolute Gasteiger partial charge is 0.289 e. The second-order valence-corrected chi connectivity index (χ2v) is 5.42. The lowest BCUT2D eigenvalue weighted by Crippen LogP contribution is -2.31. The molecule has 3 rings (SSSR count). The standard InChI is InChI=1S/C18H20N2O2/c1-3-5-10-20(4-2)18(21)16-12-14-11-13-8-6-7-9-15(13)19-17(14)22-16/h6-9,11-12H,3-5,10H2,1-2H3. The Morgan fingerprint density at radius 3 is 2.77 bits per heavy atom. The number of pyridine rings is 1. The number of unbranched alkanes of at least 4 members (excludes halogenated alkanes) is 1. The van der Waals surface area contributed by atoms with E-state index in [1.165, 1.54) is 0 Å². The Hall–Kier alpha value is -2.36. The summed E-state index contributed by atoms with van der Waals surface area (Å²) in [7, 11) is 0. The normalized spacial score (nSPS) is 11.2. The maximum Gasteiger partial charge on any atom is 0.289 e. The third-order valence-corrected chi connectivity index (χ3v) is 3.87. The second-order valence-electron chi connectivity index (χ2n) is 5.42. The Balaban J connectivity index is 1.96. The molecule has 0 saturated heterocycles. The SMILES string of the molecule is CCCCN(CC)C(=O)c1cc2cc3ccccc3nc2o1. The first kappa shape index (κ1) is 14.6. The average molecular weight is 296 g/mol. The van der Waals surface area contributed by atoms with Gasteiger partial charge in [0.25, 0.3) is 5.91 Å². The van der Waals surface area contributed by atoms with E-state index in [1.54, 1.807) is 6.07 Å². The fourth-order valence-corrected chi connectivity index (χ4v) is 2.59. The summed E-state index contributed by atoms with van der Waals surface area (Å²) in [6.45, 7) is 5.56. The predicted molar refractivity (Wildman–Crippen MR) is 88.0 cm³/mol. The van der Waals surface area contributed by atoms with Gasteiger partial charge in [-0.05, 0) is 31.5 Å². The predicted octanol–water partition coefficient (Wildman–Crippen LogP) is 4.24.